The zero-order valence-corrected chi connectivity index (χ0v) is 13.8. The van der Waals surface area contributed by atoms with Gasteiger partial charge in [-0.2, -0.15) is 0 Å². The number of hydrogen-bond donors (Lipinski definition) is 0. The van der Waals surface area contributed by atoms with Gasteiger partial charge in [0.25, 0.3) is 0 Å². The standard InChI is InChI=1S/C12H16I2O2/c1-3-11(13)15-9-5-7-10(8-6-9)16-12(14)4-2/h5-8,11-12H,3-4H2,1-2H3. The Labute approximate surface area is 124 Å². The summed E-state index contributed by atoms with van der Waals surface area (Å²) in [7, 11) is 0. The van der Waals surface area contributed by atoms with Crippen LogP contribution in [0.2, 0.25) is 0 Å². The van der Waals surface area contributed by atoms with Crippen molar-refractivity contribution in [1.82, 2.24) is 0 Å². The smallest absolute Gasteiger partial charge is 0.149 e. The Hall–Kier alpha value is 0.280. The van der Waals surface area contributed by atoms with Gasteiger partial charge >= 0.3 is 0 Å². The van der Waals surface area contributed by atoms with Crippen molar-refractivity contribution in [2.45, 2.75) is 34.9 Å². The lowest BCUT2D eigenvalue weighted by Crippen LogP contribution is -2.07. The van der Waals surface area contributed by atoms with Gasteiger partial charge in [0, 0.05) is 0 Å². The summed E-state index contributed by atoms with van der Waals surface area (Å²) in [4.78, 5) is 0. The molecule has 0 aliphatic carbocycles. The number of rotatable bonds is 6. The van der Waals surface area contributed by atoms with Crippen molar-refractivity contribution in [1.29, 1.82) is 0 Å². The van der Waals surface area contributed by atoms with Gasteiger partial charge in [0.1, 0.15) is 19.7 Å². The summed E-state index contributed by atoms with van der Waals surface area (Å²) in [5.74, 6) is 1.80. The monoisotopic (exact) mass is 446 g/mol. The van der Waals surface area contributed by atoms with Crippen LogP contribution in [0.4, 0.5) is 0 Å². The molecular weight excluding hydrogens is 430 g/mol. The van der Waals surface area contributed by atoms with Gasteiger partial charge in [-0.1, -0.05) is 13.8 Å². The molecule has 16 heavy (non-hydrogen) atoms. The molecule has 0 amide bonds. The van der Waals surface area contributed by atoms with E-state index in [-0.39, 0.29) is 8.22 Å². The molecule has 90 valence electrons. The van der Waals surface area contributed by atoms with Crippen molar-refractivity contribution in [3.63, 3.8) is 0 Å². The molecule has 0 aromatic heterocycles. The van der Waals surface area contributed by atoms with Crippen LogP contribution in [0.1, 0.15) is 26.7 Å². The van der Waals surface area contributed by atoms with Gasteiger partial charge in [-0.3, -0.25) is 0 Å². The second kappa shape index (κ2) is 7.58. The predicted octanol–water partition coefficient (Wildman–Crippen LogP) is 4.79. The average molecular weight is 446 g/mol. The van der Waals surface area contributed by atoms with E-state index < -0.39 is 0 Å². The van der Waals surface area contributed by atoms with Crippen LogP contribution in [0.5, 0.6) is 11.5 Å². The lowest BCUT2D eigenvalue weighted by atomic mass is 10.3. The lowest BCUT2D eigenvalue weighted by Gasteiger charge is -2.13. The molecule has 1 aromatic carbocycles. The van der Waals surface area contributed by atoms with Crippen LogP contribution in [0, 0.1) is 0 Å². The number of ether oxygens (including phenoxy) is 2. The second-order valence-electron chi connectivity index (χ2n) is 3.34. The first kappa shape index (κ1) is 14.3. The van der Waals surface area contributed by atoms with E-state index in [0.717, 1.165) is 24.3 Å². The third kappa shape index (κ3) is 5.07. The maximum absolute atomic E-state index is 5.68. The molecule has 0 aliphatic rings. The summed E-state index contributed by atoms with van der Waals surface area (Å²) in [6.07, 6.45) is 2.01. The fourth-order valence-corrected chi connectivity index (χ4v) is 1.65. The van der Waals surface area contributed by atoms with Gasteiger partial charge in [-0.25, -0.2) is 0 Å². The molecule has 2 unspecified atom stereocenters. The van der Waals surface area contributed by atoms with Crippen molar-refractivity contribution in [3.05, 3.63) is 24.3 Å². The summed E-state index contributed by atoms with van der Waals surface area (Å²) in [5, 5.41) is 0. The Morgan fingerprint density at radius 2 is 1.19 bits per heavy atom. The normalized spacial score (nSPS) is 14.2. The first-order valence-electron chi connectivity index (χ1n) is 5.37. The summed E-state index contributed by atoms with van der Waals surface area (Å²) >= 11 is 4.58. The first-order chi connectivity index (χ1) is 7.65. The molecular formula is C12H16I2O2. The van der Waals surface area contributed by atoms with Crippen LogP contribution in [0.25, 0.3) is 0 Å². The van der Waals surface area contributed by atoms with E-state index in [1.165, 1.54) is 0 Å². The topological polar surface area (TPSA) is 18.5 Å². The largest absolute Gasteiger partial charge is 0.480 e. The summed E-state index contributed by atoms with van der Waals surface area (Å²) in [6.45, 7) is 4.22. The number of halogens is 2. The van der Waals surface area contributed by atoms with Crippen LogP contribution in [-0.2, 0) is 0 Å². The van der Waals surface area contributed by atoms with E-state index in [2.05, 4.69) is 59.0 Å². The van der Waals surface area contributed by atoms with Crippen molar-refractivity contribution in [2.75, 3.05) is 0 Å². The number of alkyl halides is 2. The molecule has 0 saturated heterocycles. The van der Waals surface area contributed by atoms with Crippen LogP contribution < -0.4 is 9.47 Å². The summed E-state index contributed by atoms with van der Waals surface area (Å²) in [6, 6.07) is 7.82. The first-order valence-corrected chi connectivity index (χ1v) is 7.86. The predicted molar refractivity (Wildman–Crippen MR) is 83.9 cm³/mol. The van der Waals surface area contributed by atoms with Gasteiger partial charge in [0.15, 0.2) is 0 Å². The van der Waals surface area contributed by atoms with E-state index in [9.17, 15) is 0 Å². The molecule has 0 bridgehead atoms. The minimum absolute atomic E-state index is 0.234. The zero-order valence-electron chi connectivity index (χ0n) is 9.45. The van der Waals surface area contributed by atoms with Gasteiger partial charge < -0.3 is 9.47 Å². The Morgan fingerprint density at radius 1 is 0.875 bits per heavy atom. The number of benzene rings is 1. The number of hydrogen-bond acceptors (Lipinski definition) is 2. The highest BCUT2D eigenvalue weighted by Gasteiger charge is 2.04. The summed E-state index contributed by atoms with van der Waals surface area (Å²) in [5.41, 5.74) is 0. The van der Waals surface area contributed by atoms with Gasteiger partial charge in [-0.15, -0.1) is 0 Å². The minimum Gasteiger partial charge on any atom is -0.480 e. The fourth-order valence-electron chi connectivity index (χ4n) is 1.06. The molecule has 0 spiro atoms. The molecule has 2 nitrogen and oxygen atoms in total. The molecule has 4 heteroatoms. The van der Waals surface area contributed by atoms with Crippen molar-refractivity contribution in [3.8, 4) is 11.5 Å². The molecule has 0 saturated carbocycles. The highest BCUT2D eigenvalue weighted by molar-refractivity contribution is 14.1. The maximum Gasteiger partial charge on any atom is 0.149 e. The molecule has 0 radical (unpaired) electrons. The second-order valence-corrected chi connectivity index (χ2v) is 6.12. The van der Waals surface area contributed by atoms with Crippen molar-refractivity contribution >= 4 is 45.2 Å². The lowest BCUT2D eigenvalue weighted by molar-refractivity contribution is 0.290. The summed E-state index contributed by atoms with van der Waals surface area (Å²) < 4.78 is 11.8. The van der Waals surface area contributed by atoms with Crippen LogP contribution in [0.3, 0.4) is 0 Å². The molecule has 0 heterocycles. The zero-order chi connectivity index (χ0) is 12.0. The fraction of sp³-hybridized carbons (Fsp3) is 0.500. The highest BCUT2D eigenvalue weighted by atomic mass is 127. The third-order valence-electron chi connectivity index (χ3n) is 1.99. The van der Waals surface area contributed by atoms with Crippen molar-refractivity contribution in [2.24, 2.45) is 0 Å². The molecule has 0 fully saturated rings. The van der Waals surface area contributed by atoms with Crippen LogP contribution in [-0.4, -0.2) is 8.22 Å². The Morgan fingerprint density at radius 3 is 1.44 bits per heavy atom. The van der Waals surface area contributed by atoms with E-state index in [0.29, 0.717) is 0 Å². The molecule has 2 atom stereocenters. The van der Waals surface area contributed by atoms with Gasteiger partial charge in [-0.05, 0) is 82.3 Å². The average Bonchev–Trinajstić information content (AvgIpc) is 2.31. The van der Waals surface area contributed by atoms with Gasteiger partial charge in [0.2, 0.25) is 0 Å². The molecule has 1 rings (SSSR count). The minimum atomic E-state index is 0.234. The Balaban J connectivity index is 2.54. The van der Waals surface area contributed by atoms with Crippen molar-refractivity contribution < 1.29 is 9.47 Å². The Bertz CT molecular complexity index is 269. The molecule has 0 N–H and O–H groups in total. The van der Waals surface area contributed by atoms with E-state index in [1.807, 2.05) is 24.3 Å². The van der Waals surface area contributed by atoms with E-state index in [4.69, 9.17) is 9.47 Å². The Kier molecular flexibility index (Phi) is 6.79. The van der Waals surface area contributed by atoms with Gasteiger partial charge in [0.05, 0.1) is 0 Å². The van der Waals surface area contributed by atoms with E-state index >= 15 is 0 Å². The third-order valence-corrected chi connectivity index (χ3v) is 4.26. The highest BCUT2D eigenvalue weighted by Crippen LogP contribution is 2.23. The molecule has 0 aliphatic heterocycles. The maximum atomic E-state index is 5.68. The van der Waals surface area contributed by atoms with Crippen LogP contribution in [0.15, 0.2) is 24.3 Å². The van der Waals surface area contributed by atoms with E-state index in [1.54, 1.807) is 0 Å². The molecule has 1 aromatic rings. The SMILES string of the molecule is CCC(I)Oc1ccc(OC(I)CC)cc1. The van der Waals surface area contributed by atoms with Crippen LogP contribution >= 0.6 is 45.2 Å². The quantitative estimate of drug-likeness (QED) is 0.463.